The summed E-state index contributed by atoms with van der Waals surface area (Å²) in [7, 11) is 2.19. The van der Waals surface area contributed by atoms with E-state index >= 15 is 0 Å². The van der Waals surface area contributed by atoms with Gasteiger partial charge in [-0.2, -0.15) is 5.26 Å². The second-order valence-corrected chi connectivity index (χ2v) is 5.62. The van der Waals surface area contributed by atoms with Crippen LogP contribution in [0.15, 0.2) is 22.7 Å². The summed E-state index contributed by atoms with van der Waals surface area (Å²) in [4.78, 5) is 4.83. The van der Waals surface area contributed by atoms with E-state index in [0.717, 1.165) is 24.1 Å². The zero-order valence-corrected chi connectivity index (χ0v) is 12.4. The van der Waals surface area contributed by atoms with Crippen molar-refractivity contribution in [2.45, 2.75) is 19.4 Å². The zero-order valence-electron chi connectivity index (χ0n) is 10.9. The van der Waals surface area contributed by atoms with Gasteiger partial charge in [-0.05, 0) is 47.6 Å². The molecule has 0 spiro atoms. The van der Waals surface area contributed by atoms with Crippen LogP contribution in [0, 0.1) is 11.3 Å². The summed E-state index contributed by atoms with van der Waals surface area (Å²) in [6, 6.07) is 8.61. The highest BCUT2D eigenvalue weighted by Gasteiger charge is 2.23. The van der Waals surface area contributed by atoms with Crippen molar-refractivity contribution in [1.29, 1.82) is 5.26 Å². The van der Waals surface area contributed by atoms with Crippen molar-refractivity contribution in [3.8, 4) is 6.07 Å². The highest BCUT2D eigenvalue weighted by Crippen LogP contribution is 2.29. The quantitative estimate of drug-likeness (QED) is 0.841. The van der Waals surface area contributed by atoms with Crippen LogP contribution in [0.4, 0.5) is 5.69 Å². The lowest BCUT2D eigenvalue weighted by molar-refractivity contribution is 0.213. The number of halogens is 1. The molecule has 0 amide bonds. The first-order chi connectivity index (χ1) is 8.65. The third-order valence-corrected chi connectivity index (χ3v) is 4.30. The van der Waals surface area contributed by atoms with Gasteiger partial charge in [-0.1, -0.05) is 6.92 Å². The number of benzene rings is 1. The van der Waals surface area contributed by atoms with Gasteiger partial charge in [0.2, 0.25) is 0 Å². The molecular formula is C14H18BrN3. The molecule has 4 heteroatoms. The lowest BCUT2D eigenvalue weighted by Crippen LogP contribution is -2.51. The number of anilines is 1. The Morgan fingerprint density at radius 1 is 1.44 bits per heavy atom. The number of hydrogen-bond donors (Lipinski definition) is 0. The van der Waals surface area contributed by atoms with Crippen LogP contribution in [-0.2, 0) is 0 Å². The molecule has 96 valence electrons. The molecule has 0 aliphatic carbocycles. The first kappa shape index (κ1) is 13.4. The molecule has 1 heterocycles. The van der Waals surface area contributed by atoms with E-state index in [0.29, 0.717) is 11.6 Å². The van der Waals surface area contributed by atoms with Gasteiger partial charge in [0, 0.05) is 30.1 Å². The maximum absolute atomic E-state index is 8.89. The van der Waals surface area contributed by atoms with Crippen LogP contribution in [0.5, 0.6) is 0 Å². The second-order valence-electron chi connectivity index (χ2n) is 4.77. The van der Waals surface area contributed by atoms with E-state index in [1.807, 2.05) is 18.2 Å². The van der Waals surface area contributed by atoms with Gasteiger partial charge in [-0.3, -0.25) is 4.90 Å². The van der Waals surface area contributed by atoms with E-state index in [9.17, 15) is 0 Å². The number of piperazine rings is 1. The van der Waals surface area contributed by atoms with E-state index < -0.39 is 0 Å². The van der Waals surface area contributed by atoms with Crippen LogP contribution in [0.25, 0.3) is 0 Å². The summed E-state index contributed by atoms with van der Waals surface area (Å²) < 4.78 is 1.01. The van der Waals surface area contributed by atoms with Gasteiger partial charge in [-0.15, -0.1) is 0 Å². The molecule has 18 heavy (non-hydrogen) atoms. The Labute approximate surface area is 117 Å². The Balaban J connectivity index is 2.20. The summed E-state index contributed by atoms with van der Waals surface area (Å²) in [5.41, 5.74) is 1.90. The Morgan fingerprint density at radius 2 is 2.22 bits per heavy atom. The van der Waals surface area contributed by atoms with Gasteiger partial charge in [0.25, 0.3) is 0 Å². The second kappa shape index (κ2) is 5.73. The Morgan fingerprint density at radius 3 is 2.83 bits per heavy atom. The molecule has 1 aliphatic rings. The molecule has 1 aromatic rings. The maximum Gasteiger partial charge on any atom is 0.0992 e. The first-order valence-electron chi connectivity index (χ1n) is 6.30. The van der Waals surface area contributed by atoms with Gasteiger partial charge in [0.15, 0.2) is 0 Å². The fraction of sp³-hybridized carbons (Fsp3) is 0.500. The number of hydrogen-bond acceptors (Lipinski definition) is 3. The van der Waals surface area contributed by atoms with Crippen molar-refractivity contribution in [2.75, 3.05) is 31.6 Å². The fourth-order valence-electron chi connectivity index (χ4n) is 2.44. The first-order valence-corrected chi connectivity index (χ1v) is 7.09. The third-order valence-electron chi connectivity index (χ3n) is 3.67. The summed E-state index contributed by atoms with van der Waals surface area (Å²) in [5, 5.41) is 8.89. The normalized spacial score (nSPS) is 20.8. The SMILES string of the molecule is CCC1CN(c2ccc(C#N)cc2Br)CCN1C. The van der Waals surface area contributed by atoms with Crippen LogP contribution in [0.3, 0.4) is 0 Å². The van der Waals surface area contributed by atoms with Crippen molar-refractivity contribution in [3.05, 3.63) is 28.2 Å². The largest absolute Gasteiger partial charge is 0.368 e. The van der Waals surface area contributed by atoms with Gasteiger partial charge < -0.3 is 4.90 Å². The van der Waals surface area contributed by atoms with Crippen molar-refractivity contribution in [1.82, 2.24) is 4.90 Å². The lowest BCUT2D eigenvalue weighted by atomic mass is 10.1. The van der Waals surface area contributed by atoms with Crippen LogP contribution < -0.4 is 4.90 Å². The number of nitrogens with zero attached hydrogens (tertiary/aromatic N) is 3. The highest BCUT2D eigenvalue weighted by molar-refractivity contribution is 9.10. The minimum absolute atomic E-state index is 0.612. The smallest absolute Gasteiger partial charge is 0.0992 e. The molecule has 0 aromatic heterocycles. The molecule has 0 saturated carbocycles. The van der Waals surface area contributed by atoms with E-state index in [1.165, 1.54) is 12.1 Å². The molecule has 0 bridgehead atoms. The minimum atomic E-state index is 0.612. The topological polar surface area (TPSA) is 30.3 Å². The Kier molecular flexibility index (Phi) is 4.26. The molecule has 1 aliphatic heterocycles. The van der Waals surface area contributed by atoms with E-state index in [2.05, 4.69) is 45.8 Å². The minimum Gasteiger partial charge on any atom is -0.368 e. The number of nitriles is 1. The average Bonchev–Trinajstić information content (AvgIpc) is 2.39. The molecular weight excluding hydrogens is 290 g/mol. The molecule has 0 N–H and O–H groups in total. The van der Waals surface area contributed by atoms with Crippen LogP contribution in [0.2, 0.25) is 0 Å². The Bertz CT molecular complexity index is 467. The molecule has 1 aromatic carbocycles. The van der Waals surface area contributed by atoms with Crippen molar-refractivity contribution in [2.24, 2.45) is 0 Å². The predicted octanol–water partition coefficient (Wildman–Crippen LogP) is 2.85. The molecule has 1 saturated heterocycles. The Hall–Kier alpha value is -1.05. The summed E-state index contributed by atoms with van der Waals surface area (Å²) in [6.45, 7) is 5.42. The monoisotopic (exact) mass is 307 g/mol. The van der Waals surface area contributed by atoms with Gasteiger partial charge in [0.1, 0.15) is 0 Å². The van der Waals surface area contributed by atoms with E-state index in [4.69, 9.17) is 5.26 Å². The van der Waals surface area contributed by atoms with Crippen molar-refractivity contribution < 1.29 is 0 Å². The molecule has 1 atom stereocenters. The standard InChI is InChI=1S/C14H18BrN3/c1-3-12-10-18(7-6-17(12)2)14-5-4-11(9-16)8-13(14)15/h4-5,8,12H,3,6-7,10H2,1-2H3. The third kappa shape index (κ3) is 2.68. The van der Waals surface area contributed by atoms with Crippen LogP contribution in [0.1, 0.15) is 18.9 Å². The lowest BCUT2D eigenvalue weighted by Gasteiger charge is -2.40. The number of rotatable bonds is 2. The van der Waals surface area contributed by atoms with E-state index in [1.54, 1.807) is 0 Å². The van der Waals surface area contributed by atoms with Gasteiger partial charge in [-0.25, -0.2) is 0 Å². The fourth-order valence-corrected chi connectivity index (χ4v) is 3.07. The van der Waals surface area contributed by atoms with Crippen LogP contribution >= 0.6 is 15.9 Å². The van der Waals surface area contributed by atoms with Crippen molar-refractivity contribution in [3.63, 3.8) is 0 Å². The zero-order chi connectivity index (χ0) is 13.1. The summed E-state index contributed by atoms with van der Waals surface area (Å²) >= 11 is 3.57. The van der Waals surface area contributed by atoms with Crippen molar-refractivity contribution >= 4 is 21.6 Å². The predicted molar refractivity (Wildman–Crippen MR) is 77.8 cm³/mol. The van der Waals surface area contributed by atoms with E-state index in [-0.39, 0.29) is 0 Å². The molecule has 0 radical (unpaired) electrons. The maximum atomic E-state index is 8.89. The average molecular weight is 308 g/mol. The van der Waals surface area contributed by atoms with Gasteiger partial charge >= 0.3 is 0 Å². The van der Waals surface area contributed by atoms with Crippen LogP contribution in [-0.4, -0.2) is 37.6 Å². The molecule has 1 unspecified atom stereocenters. The molecule has 2 rings (SSSR count). The molecule has 3 nitrogen and oxygen atoms in total. The highest BCUT2D eigenvalue weighted by atomic mass is 79.9. The van der Waals surface area contributed by atoms with Gasteiger partial charge in [0.05, 0.1) is 17.3 Å². The summed E-state index contributed by atoms with van der Waals surface area (Å²) in [5.74, 6) is 0. The summed E-state index contributed by atoms with van der Waals surface area (Å²) in [6.07, 6.45) is 1.17. The number of likely N-dealkylation sites (N-methyl/N-ethyl adjacent to an activating group) is 1. The molecule has 1 fully saturated rings.